The van der Waals surface area contributed by atoms with E-state index in [1.54, 1.807) is 36.0 Å². The Morgan fingerprint density at radius 3 is 2.66 bits per heavy atom. The molecule has 152 valence electrons. The molecule has 0 spiro atoms. The first-order valence-electron chi connectivity index (χ1n) is 9.68. The van der Waals surface area contributed by atoms with Crippen LogP contribution in [0.2, 0.25) is 0 Å². The Hall–Kier alpha value is -3.15. The molecule has 1 heterocycles. The number of aromatic nitrogens is 2. The summed E-state index contributed by atoms with van der Waals surface area (Å²) in [5, 5.41) is 2.80. The third-order valence-corrected chi connectivity index (χ3v) is 4.77. The molecule has 1 aromatic heterocycles. The monoisotopic (exact) mass is 395 g/mol. The topological polar surface area (TPSA) is 56.2 Å². The predicted octanol–water partition coefficient (Wildman–Crippen LogP) is 4.53. The van der Waals surface area contributed by atoms with Gasteiger partial charge in [0, 0.05) is 18.9 Å². The fourth-order valence-corrected chi connectivity index (χ4v) is 3.03. The lowest BCUT2D eigenvalue weighted by molar-refractivity contribution is -0.127. The van der Waals surface area contributed by atoms with Gasteiger partial charge in [-0.25, -0.2) is 9.37 Å². The molecule has 1 unspecified atom stereocenters. The molecule has 1 atom stereocenters. The van der Waals surface area contributed by atoms with Crippen LogP contribution in [-0.4, -0.2) is 21.6 Å². The molecule has 1 amide bonds. The van der Waals surface area contributed by atoms with Crippen molar-refractivity contribution < 1.29 is 13.9 Å². The van der Waals surface area contributed by atoms with Crippen LogP contribution >= 0.6 is 0 Å². The molecule has 6 heteroatoms. The molecule has 2 aromatic carbocycles. The van der Waals surface area contributed by atoms with E-state index in [-0.39, 0.29) is 18.3 Å². The first-order valence-corrected chi connectivity index (χ1v) is 9.68. The van der Waals surface area contributed by atoms with Gasteiger partial charge in [-0.05, 0) is 55.2 Å². The highest BCUT2D eigenvalue weighted by Gasteiger charge is 2.15. The smallest absolute Gasteiger partial charge is 0.261 e. The van der Waals surface area contributed by atoms with Gasteiger partial charge in [0.2, 0.25) is 0 Å². The number of rotatable bonds is 7. The molecule has 0 bridgehead atoms. The molecule has 0 aliphatic heterocycles. The first kappa shape index (κ1) is 20.6. The number of amides is 1. The van der Waals surface area contributed by atoms with Crippen LogP contribution in [0.15, 0.2) is 54.9 Å². The van der Waals surface area contributed by atoms with Crippen molar-refractivity contribution in [3.8, 4) is 11.4 Å². The second-order valence-electron chi connectivity index (χ2n) is 7.34. The number of benzene rings is 2. The van der Waals surface area contributed by atoms with Crippen LogP contribution in [0, 0.1) is 12.7 Å². The third kappa shape index (κ3) is 5.02. The van der Waals surface area contributed by atoms with E-state index in [0.29, 0.717) is 28.7 Å². The zero-order valence-corrected chi connectivity index (χ0v) is 17.1. The van der Waals surface area contributed by atoms with Gasteiger partial charge in [-0.1, -0.05) is 32.0 Å². The Bertz CT molecular complexity index is 997. The van der Waals surface area contributed by atoms with Crippen LogP contribution < -0.4 is 10.1 Å². The quantitative estimate of drug-likeness (QED) is 0.640. The molecule has 0 saturated heterocycles. The molecule has 0 aliphatic carbocycles. The lowest BCUT2D eigenvalue weighted by Crippen LogP contribution is -2.35. The maximum atomic E-state index is 14.5. The third-order valence-electron chi connectivity index (χ3n) is 4.77. The summed E-state index contributed by atoms with van der Waals surface area (Å²) in [5.74, 6) is 1.12. The van der Waals surface area contributed by atoms with Crippen molar-refractivity contribution in [2.45, 2.75) is 46.3 Å². The number of hydrogen-bond donors (Lipinski definition) is 1. The number of imidazole rings is 1. The van der Waals surface area contributed by atoms with Crippen molar-refractivity contribution >= 4 is 5.91 Å². The highest BCUT2D eigenvalue weighted by molar-refractivity contribution is 5.80. The van der Waals surface area contributed by atoms with Gasteiger partial charge in [-0.15, -0.1) is 0 Å². The average Bonchev–Trinajstić information content (AvgIpc) is 3.12. The number of ether oxygens (including phenoxy) is 1. The fourth-order valence-electron chi connectivity index (χ4n) is 3.03. The molecule has 0 aliphatic rings. The molecule has 29 heavy (non-hydrogen) atoms. The molecular formula is C23H26FN3O2. The zero-order valence-electron chi connectivity index (χ0n) is 17.1. The van der Waals surface area contributed by atoms with Crippen LogP contribution in [0.25, 0.3) is 5.69 Å². The number of carbonyl (C=O) groups excluding carboxylic acids is 1. The van der Waals surface area contributed by atoms with E-state index in [1.807, 2.05) is 31.2 Å². The van der Waals surface area contributed by atoms with Crippen molar-refractivity contribution in [2.24, 2.45) is 0 Å². The Balaban J connectivity index is 1.59. The summed E-state index contributed by atoms with van der Waals surface area (Å²) in [5.41, 5.74) is 2.25. The van der Waals surface area contributed by atoms with Crippen LogP contribution in [0.4, 0.5) is 4.39 Å². The minimum Gasteiger partial charge on any atom is -0.481 e. The summed E-state index contributed by atoms with van der Waals surface area (Å²) in [6.45, 7) is 7.94. The average molecular weight is 395 g/mol. The largest absolute Gasteiger partial charge is 0.481 e. The summed E-state index contributed by atoms with van der Waals surface area (Å²) < 4.78 is 21.9. The number of carbonyl (C=O) groups is 1. The maximum Gasteiger partial charge on any atom is 0.261 e. The normalized spacial score (nSPS) is 12.1. The maximum absolute atomic E-state index is 14.5. The lowest BCUT2D eigenvalue weighted by atomic mass is 10.0. The highest BCUT2D eigenvalue weighted by atomic mass is 19.1. The van der Waals surface area contributed by atoms with Crippen LogP contribution in [-0.2, 0) is 11.3 Å². The van der Waals surface area contributed by atoms with Crippen LogP contribution in [0.5, 0.6) is 5.75 Å². The molecule has 5 nitrogen and oxygen atoms in total. The van der Waals surface area contributed by atoms with Gasteiger partial charge < -0.3 is 14.6 Å². The number of halogens is 1. The summed E-state index contributed by atoms with van der Waals surface area (Å²) in [6, 6.07) is 12.6. The van der Waals surface area contributed by atoms with E-state index < -0.39 is 6.10 Å². The van der Waals surface area contributed by atoms with Crippen molar-refractivity contribution in [1.29, 1.82) is 0 Å². The summed E-state index contributed by atoms with van der Waals surface area (Å²) in [4.78, 5) is 16.5. The second-order valence-corrected chi connectivity index (χ2v) is 7.34. The van der Waals surface area contributed by atoms with Gasteiger partial charge in [-0.3, -0.25) is 4.79 Å². The van der Waals surface area contributed by atoms with Crippen molar-refractivity contribution in [1.82, 2.24) is 14.9 Å². The van der Waals surface area contributed by atoms with E-state index in [4.69, 9.17) is 4.74 Å². The van der Waals surface area contributed by atoms with Gasteiger partial charge in [0.05, 0.1) is 5.69 Å². The fraction of sp³-hybridized carbons (Fsp3) is 0.304. The SMILES string of the molecule is Cc1nccn1-c1ccc(CNC(=O)C(C)Oc2cccc(C(C)C)c2)cc1F. The minimum atomic E-state index is -0.657. The van der Waals surface area contributed by atoms with Crippen molar-refractivity contribution in [2.75, 3.05) is 0 Å². The molecule has 0 saturated carbocycles. The Kier molecular flexibility index (Phi) is 6.32. The Labute approximate surface area is 170 Å². The zero-order chi connectivity index (χ0) is 21.0. The number of nitrogens with one attached hydrogen (secondary N) is 1. The van der Waals surface area contributed by atoms with Gasteiger partial charge in [0.1, 0.15) is 17.4 Å². The number of aryl methyl sites for hydroxylation is 1. The molecular weight excluding hydrogens is 369 g/mol. The molecule has 1 N–H and O–H groups in total. The number of hydrogen-bond acceptors (Lipinski definition) is 3. The highest BCUT2D eigenvalue weighted by Crippen LogP contribution is 2.21. The molecule has 0 fully saturated rings. The van der Waals surface area contributed by atoms with E-state index in [1.165, 1.54) is 6.07 Å². The minimum absolute atomic E-state index is 0.221. The summed E-state index contributed by atoms with van der Waals surface area (Å²) in [6.07, 6.45) is 2.68. The second kappa shape index (κ2) is 8.90. The Morgan fingerprint density at radius 2 is 2.00 bits per heavy atom. The molecule has 3 rings (SSSR count). The first-order chi connectivity index (χ1) is 13.8. The predicted molar refractivity (Wildman–Crippen MR) is 111 cm³/mol. The van der Waals surface area contributed by atoms with E-state index in [0.717, 1.165) is 5.56 Å². The van der Waals surface area contributed by atoms with Crippen LogP contribution in [0.1, 0.15) is 43.6 Å². The summed E-state index contributed by atoms with van der Waals surface area (Å²) >= 11 is 0. The number of nitrogens with zero attached hydrogens (tertiary/aromatic N) is 2. The van der Waals surface area contributed by atoms with Gasteiger partial charge in [0.25, 0.3) is 5.91 Å². The molecule has 3 aromatic rings. The van der Waals surface area contributed by atoms with E-state index in [9.17, 15) is 9.18 Å². The summed E-state index contributed by atoms with van der Waals surface area (Å²) in [7, 11) is 0. The van der Waals surface area contributed by atoms with Crippen molar-refractivity contribution in [3.05, 3.63) is 77.6 Å². The van der Waals surface area contributed by atoms with Crippen molar-refractivity contribution in [3.63, 3.8) is 0 Å². The van der Waals surface area contributed by atoms with Crippen LogP contribution in [0.3, 0.4) is 0 Å². The standard InChI is InChI=1S/C23H26FN3O2/c1-15(2)19-6-5-7-20(13-19)29-16(3)23(28)26-14-18-8-9-22(21(24)12-18)27-11-10-25-17(27)4/h5-13,15-16H,14H2,1-4H3,(H,26,28). The molecule has 0 radical (unpaired) electrons. The van der Waals surface area contributed by atoms with Gasteiger partial charge >= 0.3 is 0 Å². The van der Waals surface area contributed by atoms with E-state index in [2.05, 4.69) is 24.1 Å². The Morgan fingerprint density at radius 1 is 1.21 bits per heavy atom. The van der Waals surface area contributed by atoms with Gasteiger partial charge in [0.15, 0.2) is 6.10 Å². The van der Waals surface area contributed by atoms with E-state index >= 15 is 0 Å². The lowest BCUT2D eigenvalue weighted by Gasteiger charge is -2.16. The van der Waals surface area contributed by atoms with Gasteiger partial charge in [-0.2, -0.15) is 0 Å².